The Hall–Kier alpha value is -1.94. The number of carbonyl (C=O) groups is 1. The molecule has 0 unspecified atom stereocenters. The molecule has 0 fully saturated rings. The van der Waals surface area contributed by atoms with E-state index in [1.54, 1.807) is 26.0 Å². The number of benzene rings is 1. The van der Waals surface area contributed by atoms with Crippen molar-refractivity contribution in [3.63, 3.8) is 0 Å². The number of hydrogen-bond donors (Lipinski definition) is 1. The van der Waals surface area contributed by atoms with E-state index in [4.69, 9.17) is 11.6 Å². The van der Waals surface area contributed by atoms with Crippen molar-refractivity contribution in [2.45, 2.75) is 13.8 Å². The van der Waals surface area contributed by atoms with E-state index in [2.05, 4.69) is 10.3 Å². The molecule has 0 spiro atoms. The number of nitrogens with one attached hydrogen (secondary N) is 1. The van der Waals surface area contributed by atoms with Gasteiger partial charge in [-0.1, -0.05) is 11.6 Å². The van der Waals surface area contributed by atoms with Gasteiger partial charge in [-0.15, -0.1) is 0 Å². The molecule has 5 heteroatoms. The summed E-state index contributed by atoms with van der Waals surface area (Å²) in [5, 5.41) is 3.09. The van der Waals surface area contributed by atoms with Gasteiger partial charge in [-0.05, 0) is 49.7 Å². The van der Waals surface area contributed by atoms with E-state index in [-0.39, 0.29) is 11.7 Å². The number of halogens is 2. The van der Waals surface area contributed by atoms with Crippen LogP contribution in [0.3, 0.4) is 0 Å². The van der Waals surface area contributed by atoms with Crippen molar-refractivity contribution in [1.82, 2.24) is 4.98 Å². The minimum atomic E-state index is -0.333. The highest BCUT2D eigenvalue weighted by molar-refractivity contribution is 6.29. The molecular formula is C14H12ClFN2O. The summed E-state index contributed by atoms with van der Waals surface area (Å²) < 4.78 is 13.1. The van der Waals surface area contributed by atoms with Gasteiger partial charge in [-0.3, -0.25) is 4.79 Å². The summed E-state index contributed by atoms with van der Waals surface area (Å²) in [4.78, 5) is 16.1. The fourth-order valence-electron chi connectivity index (χ4n) is 1.64. The molecule has 0 atom stereocenters. The number of pyridine rings is 1. The molecule has 1 heterocycles. The number of amides is 1. The first kappa shape index (κ1) is 13.5. The SMILES string of the molecule is Cc1cc(C(=O)Nc2ccc(Cl)nc2C)ccc1F. The summed E-state index contributed by atoms with van der Waals surface area (Å²) in [6.45, 7) is 3.36. The Balaban J connectivity index is 2.23. The zero-order valence-corrected chi connectivity index (χ0v) is 11.3. The quantitative estimate of drug-likeness (QED) is 0.850. The topological polar surface area (TPSA) is 42.0 Å². The second kappa shape index (κ2) is 5.36. The molecule has 19 heavy (non-hydrogen) atoms. The summed E-state index contributed by atoms with van der Waals surface area (Å²) in [6, 6.07) is 7.50. The molecule has 98 valence electrons. The first-order chi connectivity index (χ1) is 8.97. The molecule has 1 amide bonds. The average Bonchev–Trinajstić information content (AvgIpc) is 2.36. The van der Waals surface area contributed by atoms with Crippen molar-refractivity contribution in [2.24, 2.45) is 0 Å². The van der Waals surface area contributed by atoms with E-state index in [0.717, 1.165) is 0 Å². The molecule has 3 nitrogen and oxygen atoms in total. The lowest BCUT2D eigenvalue weighted by Crippen LogP contribution is -2.13. The number of nitrogens with zero attached hydrogens (tertiary/aromatic N) is 1. The van der Waals surface area contributed by atoms with Crippen molar-refractivity contribution in [1.29, 1.82) is 0 Å². The molecular weight excluding hydrogens is 267 g/mol. The highest BCUT2D eigenvalue weighted by Gasteiger charge is 2.10. The van der Waals surface area contributed by atoms with Gasteiger partial charge in [0, 0.05) is 5.56 Å². The monoisotopic (exact) mass is 278 g/mol. The minimum absolute atomic E-state index is 0.310. The van der Waals surface area contributed by atoms with Crippen LogP contribution in [0.25, 0.3) is 0 Å². The maximum absolute atomic E-state index is 13.1. The van der Waals surface area contributed by atoms with E-state index in [1.807, 2.05) is 0 Å². The molecule has 1 N–H and O–H groups in total. The predicted molar refractivity (Wildman–Crippen MR) is 73.1 cm³/mol. The molecule has 0 radical (unpaired) electrons. The van der Waals surface area contributed by atoms with Crippen molar-refractivity contribution in [2.75, 3.05) is 5.32 Å². The Morgan fingerprint density at radius 3 is 2.63 bits per heavy atom. The van der Waals surface area contributed by atoms with Crippen LogP contribution in [0.4, 0.5) is 10.1 Å². The van der Waals surface area contributed by atoms with E-state index >= 15 is 0 Å². The number of rotatable bonds is 2. The number of anilines is 1. The van der Waals surface area contributed by atoms with Gasteiger partial charge >= 0.3 is 0 Å². The first-order valence-corrected chi connectivity index (χ1v) is 6.06. The van der Waals surface area contributed by atoms with Crippen LogP contribution < -0.4 is 5.32 Å². The minimum Gasteiger partial charge on any atom is -0.320 e. The highest BCUT2D eigenvalue weighted by Crippen LogP contribution is 2.17. The Morgan fingerprint density at radius 1 is 1.26 bits per heavy atom. The maximum Gasteiger partial charge on any atom is 0.255 e. The average molecular weight is 279 g/mol. The maximum atomic E-state index is 13.1. The van der Waals surface area contributed by atoms with E-state index in [1.165, 1.54) is 18.2 Å². The van der Waals surface area contributed by atoms with Crippen molar-refractivity contribution in [3.8, 4) is 0 Å². The second-order valence-corrected chi connectivity index (χ2v) is 4.57. The van der Waals surface area contributed by atoms with Crippen LogP contribution in [-0.2, 0) is 0 Å². The first-order valence-electron chi connectivity index (χ1n) is 5.68. The van der Waals surface area contributed by atoms with Gasteiger partial charge in [0.2, 0.25) is 0 Å². The van der Waals surface area contributed by atoms with Crippen LogP contribution in [0.1, 0.15) is 21.6 Å². The van der Waals surface area contributed by atoms with E-state index < -0.39 is 0 Å². The van der Waals surface area contributed by atoms with Crippen LogP contribution >= 0.6 is 11.6 Å². The molecule has 0 aliphatic carbocycles. The third kappa shape index (κ3) is 3.09. The van der Waals surface area contributed by atoms with Crippen LogP contribution in [0.15, 0.2) is 30.3 Å². The van der Waals surface area contributed by atoms with Crippen LogP contribution in [0.5, 0.6) is 0 Å². The smallest absolute Gasteiger partial charge is 0.255 e. The molecule has 0 aliphatic heterocycles. The number of aromatic nitrogens is 1. The Kier molecular flexibility index (Phi) is 3.81. The standard InChI is InChI=1S/C14H12ClFN2O/c1-8-7-10(3-4-11(8)16)14(19)18-12-5-6-13(15)17-9(12)2/h3-7H,1-2H3,(H,18,19). The van der Waals surface area contributed by atoms with Gasteiger partial charge in [0.25, 0.3) is 5.91 Å². The lowest BCUT2D eigenvalue weighted by atomic mass is 10.1. The third-order valence-electron chi connectivity index (χ3n) is 2.72. The summed E-state index contributed by atoms with van der Waals surface area (Å²) in [5.74, 6) is -0.642. The van der Waals surface area contributed by atoms with E-state index in [0.29, 0.717) is 27.7 Å². The summed E-state index contributed by atoms with van der Waals surface area (Å²) >= 11 is 5.74. The van der Waals surface area contributed by atoms with Crippen LogP contribution in [-0.4, -0.2) is 10.9 Å². The van der Waals surface area contributed by atoms with Gasteiger partial charge in [0.15, 0.2) is 0 Å². The summed E-state index contributed by atoms with van der Waals surface area (Å²) in [7, 11) is 0. The molecule has 0 saturated carbocycles. The van der Waals surface area contributed by atoms with Crippen molar-refractivity contribution < 1.29 is 9.18 Å². The number of hydrogen-bond acceptors (Lipinski definition) is 2. The fraction of sp³-hybridized carbons (Fsp3) is 0.143. The van der Waals surface area contributed by atoms with Gasteiger partial charge < -0.3 is 5.32 Å². The predicted octanol–water partition coefficient (Wildman–Crippen LogP) is 3.74. The Morgan fingerprint density at radius 2 is 2.00 bits per heavy atom. The molecule has 2 aromatic rings. The number of carbonyl (C=O) groups excluding carboxylic acids is 1. The van der Waals surface area contributed by atoms with Crippen molar-refractivity contribution in [3.05, 3.63) is 58.1 Å². The normalized spacial score (nSPS) is 10.3. The Labute approximate surface area is 115 Å². The van der Waals surface area contributed by atoms with Crippen molar-refractivity contribution >= 4 is 23.2 Å². The number of aryl methyl sites for hydroxylation is 2. The molecule has 0 aliphatic rings. The zero-order chi connectivity index (χ0) is 14.0. The third-order valence-corrected chi connectivity index (χ3v) is 2.93. The lowest BCUT2D eigenvalue weighted by Gasteiger charge is -2.08. The zero-order valence-electron chi connectivity index (χ0n) is 10.5. The molecule has 1 aromatic heterocycles. The highest BCUT2D eigenvalue weighted by atomic mass is 35.5. The van der Waals surface area contributed by atoms with Gasteiger partial charge in [0.1, 0.15) is 11.0 Å². The molecule has 1 aromatic carbocycles. The van der Waals surface area contributed by atoms with Crippen LogP contribution in [0, 0.1) is 19.7 Å². The van der Waals surface area contributed by atoms with Crippen LogP contribution in [0.2, 0.25) is 5.15 Å². The van der Waals surface area contributed by atoms with Gasteiger partial charge in [0.05, 0.1) is 11.4 Å². The summed E-state index contributed by atoms with van der Waals surface area (Å²) in [5.41, 5.74) is 2.03. The summed E-state index contributed by atoms with van der Waals surface area (Å²) in [6.07, 6.45) is 0. The molecule has 0 saturated heterocycles. The largest absolute Gasteiger partial charge is 0.320 e. The Bertz CT molecular complexity index is 643. The molecule has 2 rings (SSSR count). The van der Waals surface area contributed by atoms with Gasteiger partial charge in [-0.2, -0.15) is 0 Å². The fourth-order valence-corrected chi connectivity index (χ4v) is 1.83. The van der Waals surface area contributed by atoms with Gasteiger partial charge in [-0.25, -0.2) is 9.37 Å². The molecule has 0 bridgehead atoms. The van der Waals surface area contributed by atoms with E-state index in [9.17, 15) is 9.18 Å². The second-order valence-electron chi connectivity index (χ2n) is 4.19. The lowest BCUT2D eigenvalue weighted by molar-refractivity contribution is 0.102.